The number of likely N-dealkylation sites (tertiary alicyclic amines) is 1. The van der Waals surface area contributed by atoms with Crippen molar-refractivity contribution in [2.75, 3.05) is 32.8 Å². The lowest BCUT2D eigenvalue weighted by molar-refractivity contribution is -0.289. The van der Waals surface area contributed by atoms with E-state index >= 15 is 0 Å². The molecule has 2 unspecified atom stereocenters. The molecule has 2 fully saturated rings. The van der Waals surface area contributed by atoms with Gasteiger partial charge >= 0.3 is 12.1 Å². The Morgan fingerprint density at radius 2 is 1.86 bits per heavy atom. The highest BCUT2D eigenvalue weighted by molar-refractivity contribution is 7.18. The summed E-state index contributed by atoms with van der Waals surface area (Å²) in [5.41, 5.74) is 2.46. The number of hydrogen-bond acceptors (Lipinski definition) is 6. The van der Waals surface area contributed by atoms with Crippen molar-refractivity contribution in [3.63, 3.8) is 0 Å². The van der Waals surface area contributed by atoms with Gasteiger partial charge in [-0.15, -0.1) is 11.3 Å². The van der Waals surface area contributed by atoms with Crippen molar-refractivity contribution in [2.24, 2.45) is 11.8 Å². The SMILES string of the molecule is [C-]#[N+]c1ccc(-c2csc3c(OC4C5COCC4CN(CC(F)(F)C(F)(F)F)C5)ncnc23)c(Cl)c1. The Bertz CT molecular complexity index is 1310. The van der Waals surface area contributed by atoms with Crippen LogP contribution < -0.4 is 4.74 Å². The van der Waals surface area contributed by atoms with Crippen LogP contribution >= 0.6 is 22.9 Å². The highest BCUT2D eigenvalue weighted by Gasteiger charge is 2.59. The first kappa shape index (κ1) is 25.1. The first-order valence-corrected chi connectivity index (χ1v) is 12.1. The average molecular weight is 545 g/mol. The van der Waals surface area contributed by atoms with E-state index in [9.17, 15) is 22.0 Å². The average Bonchev–Trinajstić information content (AvgIpc) is 3.23. The standard InChI is InChI=1S/C23H18ClF5N4O2S/c1-30-14-2-3-15(17(24)4-14)16-9-36-20-18(16)31-11-32-21(20)35-19-12-5-33(6-13(19)8-34-7-12)10-22(25,26)23(27,28)29/h2-4,9,11-13,19H,5-8,10H2. The third-order valence-electron chi connectivity index (χ3n) is 6.36. The fourth-order valence-electron chi connectivity index (χ4n) is 4.71. The van der Waals surface area contributed by atoms with Crippen molar-refractivity contribution >= 4 is 38.8 Å². The third kappa shape index (κ3) is 4.61. The van der Waals surface area contributed by atoms with Crippen LogP contribution in [0.5, 0.6) is 5.88 Å². The van der Waals surface area contributed by atoms with Gasteiger partial charge in [0.05, 0.1) is 31.8 Å². The predicted molar refractivity (Wildman–Crippen MR) is 124 cm³/mol. The Kier molecular flexibility index (Phi) is 6.53. The van der Waals surface area contributed by atoms with Gasteiger partial charge in [0.2, 0.25) is 5.88 Å². The molecule has 0 spiro atoms. The van der Waals surface area contributed by atoms with Gasteiger partial charge in [-0.05, 0) is 6.07 Å². The van der Waals surface area contributed by atoms with Crippen LogP contribution in [-0.2, 0) is 4.74 Å². The third-order valence-corrected chi connectivity index (χ3v) is 7.63. The molecule has 1 aromatic carbocycles. The minimum atomic E-state index is -5.60. The van der Waals surface area contributed by atoms with E-state index in [2.05, 4.69) is 14.8 Å². The molecule has 2 aliphatic heterocycles. The molecule has 3 aromatic rings. The fourth-order valence-corrected chi connectivity index (χ4v) is 5.94. The summed E-state index contributed by atoms with van der Waals surface area (Å²) in [6.45, 7) is 6.08. The molecular weight excluding hydrogens is 527 g/mol. The minimum absolute atomic E-state index is 0.0141. The zero-order valence-corrected chi connectivity index (χ0v) is 20.0. The molecule has 4 heterocycles. The van der Waals surface area contributed by atoms with Crippen molar-refractivity contribution < 1.29 is 31.4 Å². The maximum atomic E-state index is 13.7. The number of hydrogen-bond donors (Lipinski definition) is 0. The van der Waals surface area contributed by atoms with Crippen LogP contribution in [0.3, 0.4) is 0 Å². The van der Waals surface area contributed by atoms with Gasteiger partial charge in [-0.3, -0.25) is 4.90 Å². The van der Waals surface area contributed by atoms with E-state index < -0.39 is 36.6 Å². The van der Waals surface area contributed by atoms with E-state index in [-0.39, 0.29) is 26.3 Å². The number of benzene rings is 1. The van der Waals surface area contributed by atoms with Crippen LogP contribution in [-0.4, -0.2) is 65.9 Å². The van der Waals surface area contributed by atoms with Gasteiger partial charge < -0.3 is 9.47 Å². The van der Waals surface area contributed by atoms with Gasteiger partial charge in [-0.1, -0.05) is 23.7 Å². The molecular formula is C23H18ClF5N4O2S. The van der Waals surface area contributed by atoms with Gasteiger partial charge in [0, 0.05) is 46.5 Å². The number of ether oxygens (including phenoxy) is 2. The zero-order valence-electron chi connectivity index (χ0n) is 18.4. The number of piperidine rings is 1. The second-order valence-corrected chi connectivity index (χ2v) is 10.1. The molecule has 13 heteroatoms. The van der Waals surface area contributed by atoms with E-state index in [0.717, 1.165) is 10.5 Å². The minimum Gasteiger partial charge on any atom is -0.472 e. The monoisotopic (exact) mass is 544 g/mol. The van der Waals surface area contributed by atoms with E-state index in [1.54, 1.807) is 18.2 Å². The van der Waals surface area contributed by atoms with Gasteiger partial charge in [0.1, 0.15) is 17.1 Å². The smallest absolute Gasteiger partial charge is 0.454 e. The molecule has 0 aliphatic carbocycles. The molecule has 6 nitrogen and oxygen atoms in total. The van der Waals surface area contributed by atoms with Crippen LogP contribution in [0.1, 0.15) is 0 Å². The summed E-state index contributed by atoms with van der Waals surface area (Å²) in [6.07, 6.45) is -4.71. The van der Waals surface area contributed by atoms with Gasteiger partial charge in [-0.2, -0.15) is 22.0 Å². The molecule has 2 bridgehead atoms. The number of thiophene rings is 1. The quantitative estimate of drug-likeness (QED) is 0.288. The lowest BCUT2D eigenvalue weighted by atomic mass is 9.84. The van der Waals surface area contributed by atoms with Gasteiger partial charge in [-0.25, -0.2) is 14.8 Å². The van der Waals surface area contributed by atoms with Gasteiger partial charge in [0.15, 0.2) is 5.69 Å². The molecule has 2 saturated heterocycles. The summed E-state index contributed by atoms with van der Waals surface area (Å²) >= 11 is 7.74. The first-order valence-electron chi connectivity index (χ1n) is 10.9. The van der Waals surface area contributed by atoms with Crippen molar-refractivity contribution in [1.82, 2.24) is 14.9 Å². The van der Waals surface area contributed by atoms with E-state index in [0.29, 0.717) is 32.4 Å². The Morgan fingerprint density at radius 1 is 1.14 bits per heavy atom. The van der Waals surface area contributed by atoms with Crippen LogP contribution in [0, 0.1) is 18.4 Å². The Labute approximate surface area is 211 Å². The molecule has 2 aliphatic rings. The largest absolute Gasteiger partial charge is 0.472 e. The number of nitrogens with zero attached hydrogens (tertiary/aromatic N) is 4. The predicted octanol–water partition coefficient (Wildman–Crippen LogP) is 6.09. The maximum Gasteiger partial charge on any atom is 0.454 e. The summed E-state index contributed by atoms with van der Waals surface area (Å²) in [5.74, 6) is -5.29. The van der Waals surface area contributed by atoms with Crippen molar-refractivity contribution in [1.29, 1.82) is 0 Å². The second kappa shape index (κ2) is 9.37. The van der Waals surface area contributed by atoms with Crippen molar-refractivity contribution in [3.8, 4) is 17.0 Å². The molecule has 0 N–H and O–H groups in total. The number of halogens is 6. The summed E-state index contributed by atoms with van der Waals surface area (Å²) in [6, 6.07) is 4.98. The molecule has 0 saturated carbocycles. The topological polar surface area (TPSA) is 51.8 Å². The Hall–Kier alpha value is -2.59. The summed E-state index contributed by atoms with van der Waals surface area (Å²) in [5, 5.41) is 2.26. The molecule has 2 atom stereocenters. The maximum absolute atomic E-state index is 13.7. The lowest BCUT2D eigenvalue weighted by Crippen LogP contribution is -2.60. The fraction of sp³-hybridized carbons (Fsp3) is 0.435. The highest BCUT2D eigenvalue weighted by Crippen LogP contribution is 2.42. The molecule has 0 radical (unpaired) electrons. The number of aromatic nitrogens is 2. The Morgan fingerprint density at radius 3 is 2.50 bits per heavy atom. The first-order chi connectivity index (χ1) is 17.1. The van der Waals surface area contributed by atoms with Crippen molar-refractivity contribution in [2.45, 2.75) is 18.2 Å². The van der Waals surface area contributed by atoms with Crippen molar-refractivity contribution in [3.05, 3.63) is 46.3 Å². The summed E-state index contributed by atoms with van der Waals surface area (Å²) in [4.78, 5) is 13.2. The lowest BCUT2D eigenvalue weighted by Gasteiger charge is -2.47. The molecule has 190 valence electrons. The second-order valence-electron chi connectivity index (χ2n) is 8.82. The number of alkyl halides is 5. The van der Waals surface area contributed by atoms with E-state index in [1.165, 1.54) is 17.7 Å². The molecule has 0 amide bonds. The van der Waals surface area contributed by atoms with Crippen LogP contribution in [0.4, 0.5) is 27.6 Å². The number of fused-ring (bicyclic) bond motifs is 3. The molecule has 5 rings (SSSR count). The Balaban J connectivity index is 1.39. The highest BCUT2D eigenvalue weighted by atomic mass is 35.5. The molecule has 36 heavy (non-hydrogen) atoms. The van der Waals surface area contributed by atoms with Gasteiger partial charge in [0.25, 0.3) is 0 Å². The normalized spacial score (nSPS) is 23.0. The van der Waals surface area contributed by atoms with E-state index in [1.807, 2.05) is 5.38 Å². The zero-order chi connectivity index (χ0) is 25.7. The number of rotatable bonds is 5. The summed E-state index contributed by atoms with van der Waals surface area (Å²) in [7, 11) is 0. The van der Waals surface area contributed by atoms with Crippen LogP contribution in [0.15, 0.2) is 29.9 Å². The van der Waals surface area contributed by atoms with Crippen LogP contribution in [0.2, 0.25) is 5.02 Å². The summed E-state index contributed by atoms with van der Waals surface area (Å²) < 4.78 is 77.9. The molecule has 2 aromatic heterocycles. The van der Waals surface area contributed by atoms with Crippen LogP contribution in [0.25, 0.3) is 26.2 Å². The van der Waals surface area contributed by atoms with E-state index in [4.69, 9.17) is 27.6 Å².